The lowest BCUT2D eigenvalue weighted by Crippen LogP contribution is -2.23. The first-order valence-corrected chi connectivity index (χ1v) is 7.88. The van der Waals surface area contributed by atoms with Gasteiger partial charge in [0.05, 0.1) is 0 Å². The second-order valence-electron chi connectivity index (χ2n) is 5.39. The van der Waals surface area contributed by atoms with Gasteiger partial charge in [0.15, 0.2) is 6.61 Å². The molecule has 0 saturated heterocycles. The average molecular weight is 339 g/mol. The van der Waals surface area contributed by atoms with Crippen molar-refractivity contribution in [1.29, 1.82) is 0 Å². The van der Waals surface area contributed by atoms with Gasteiger partial charge in [-0.1, -0.05) is 42.4 Å². The van der Waals surface area contributed by atoms with Gasteiger partial charge in [-0.05, 0) is 18.1 Å². The molecule has 3 rings (SSSR count). The molecule has 128 valence electrons. The Hall–Kier alpha value is -3.22. The smallest absolute Gasteiger partial charge is 0.326 e. The Morgan fingerprint density at radius 1 is 1.20 bits per heavy atom. The summed E-state index contributed by atoms with van der Waals surface area (Å²) >= 11 is 0. The van der Waals surface area contributed by atoms with Crippen molar-refractivity contribution in [2.75, 3.05) is 0 Å². The molecule has 7 nitrogen and oxygen atoms in total. The lowest BCUT2D eigenvalue weighted by Gasteiger charge is -2.04. The molecule has 0 saturated carbocycles. The summed E-state index contributed by atoms with van der Waals surface area (Å²) in [5.41, 5.74) is 1.78. The molecule has 0 spiro atoms. The molecule has 0 amide bonds. The fourth-order valence-corrected chi connectivity index (χ4v) is 2.24. The first kappa shape index (κ1) is 16.6. The predicted molar refractivity (Wildman–Crippen MR) is 89.6 cm³/mol. The highest BCUT2D eigenvalue weighted by molar-refractivity contribution is 5.69. The second kappa shape index (κ2) is 7.57. The zero-order chi connectivity index (χ0) is 17.6. The van der Waals surface area contributed by atoms with Crippen molar-refractivity contribution >= 4 is 5.97 Å². The van der Waals surface area contributed by atoms with Gasteiger partial charge in [0.1, 0.15) is 6.54 Å². The molecule has 0 bridgehead atoms. The molecule has 25 heavy (non-hydrogen) atoms. The van der Waals surface area contributed by atoms with Gasteiger partial charge in [0.2, 0.25) is 5.82 Å². The zero-order valence-corrected chi connectivity index (χ0v) is 13.7. The Bertz CT molecular complexity index is 912. The molecule has 0 aliphatic heterocycles. The number of carbonyl (C=O) groups is 1. The zero-order valence-electron chi connectivity index (χ0n) is 13.7. The third-order valence-corrected chi connectivity index (χ3v) is 3.64. The van der Waals surface area contributed by atoms with Crippen LogP contribution < -0.4 is 5.56 Å². The number of hydrogen-bond donors (Lipinski definition) is 0. The molecule has 0 atom stereocenters. The number of rotatable bonds is 6. The van der Waals surface area contributed by atoms with Crippen LogP contribution >= 0.6 is 0 Å². The van der Waals surface area contributed by atoms with Crippen molar-refractivity contribution in [2.24, 2.45) is 0 Å². The molecule has 0 unspecified atom stereocenters. The van der Waals surface area contributed by atoms with E-state index in [1.165, 1.54) is 22.4 Å². The standard InChI is InChI=1S/C18H17N3O4/c1-2-13-6-8-14(9-7-13)18-19-15(25-20-18)12-24-17(23)11-21-10-4-3-5-16(21)22/h3-10H,2,11-12H2,1H3. The van der Waals surface area contributed by atoms with E-state index in [-0.39, 0.29) is 24.6 Å². The van der Waals surface area contributed by atoms with E-state index in [0.717, 1.165) is 12.0 Å². The third-order valence-electron chi connectivity index (χ3n) is 3.64. The highest BCUT2D eigenvalue weighted by Crippen LogP contribution is 2.17. The van der Waals surface area contributed by atoms with Crippen LogP contribution in [0.3, 0.4) is 0 Å². The number of esters is 1. The Morgan fingerprint density at radius 3 is 2.72 bits per heavy atom. The maximum Gasteiger partial charge on any atom is 0.326 e. The summed E-state index contributed by atoms with van der Waals surface area (Å²) in [6.07, 6.45) is 2.48. The van der Waals surface area contributed by atoms with Gasteiger partial charge in [-0.3, -0.25) is 9.59 Å². The van der Waals surface area contributed by atoms with Crippen LogP contribution in [0.15, 0.2) is 58.0 Å². The molecule has 2 aromatic heterocycles. The molecule has 0 aliphatic rings. The number of benzene rings is 1. The number of hydrogen-bond acceptors (Lipinski definition) is 6. The van der Waals surface area contributed by atoms with Crippen molar-refractivity contribution in [2.45, 2.75) is 26.5 Å². The van der Waals surface area contributed by atoms with Gasteiger partial charge in [-0.25, -0.2) is 0 Å². The normalized spacial score (nSPS) is 10.6. The van der Waals surface area contributed by atoms with Crippen LogP contribution in [0.4, 0.5) is 0 Å². The molecule has 3 aromatic rings. The van der Waals surface area contributed by atoms with E-state index in [1.807, 2.05) is 24.3 Å². The third kappa shape index (κ3) is 4.20. The number of carbonyl (C=O) groups excluding carboxylic acids is 1. The summed E-state index contributed by atoms with van der Waals surface area (Å²) in [4.78, 5) is 27.6. The molecular formula is C18H17N3O4. The quantitative estimate of drug-likeness (QED) is 0.640. The molecule has 0 aliphatic carbocycles. The van der Waals surface area contributed by atoms with Crippen molar-refractivity contribution in [3.05, 3.63) is 70.5 Å². The second-order valence-corrected chi connectivity index (χ2v) is 5.39. The summed E-state index contributed by atoms with van der Waals surface area (Å²) in [5, 5.41) is 3.89. The van der Waals surface area contributed by atoms with Gasteiger partial charge in [-0.2, -0.15) is 4.98 Å². The van der Waals surface area contributed by atoms with Crippen LogP contribution in [-0.4, -0.2) is 20.7 Å². The van der Waals surface area contributed by atoms with E-state index in [4.69, 9.17) is 9.26 Å². The highest BCUT2D eigenvalue weighted by Gasteiger charge is 2.12. The van der Waals surface area contributed by atoms with Gasteiger partial charge < -0.3 is 13.8 Å². The predicted octanol–water partition coefficient (Wildman–Crippen LogP) is 2.20. The maximum absolute atomic E-state index is 11.8. The van der Waals surface area contributed by atoms with E-state index >= 15 is 0 Å². The summed E-state index contributed by atoms with van der Waals surface area (Å²) in [6, 6.07) is 12.5. The van der Waals surface area contributed by atoms with Crippen LogP contribution in [0.2, 0.25) is 0 Å². The minimum Gasteiger partial charge on any atom is -0.454 e. The molecule has 0 radical (unpaired) electrons. The number of ether oxygens (including phenoxy) is 1. The lowest BCUT2D eigenvalue weighted by atomic mass is 10.1. The van der Waals surface area contributed by atoms with Gasteiger partial charge in [-0.15, -0.1) is 0 Å². The fraction of sp³-hybridized carbons (Fsp3) is 0.222. The maximum atomic E-state index is 11.8. The Labute approximate surface area is 143 Å². The van der Waals surface area contributed by atoms with Gasteiger partial charge in [0, 0.05) is 17.8 Å². The topological polar surface area (TPSA) is 87.2 Å². The highest BCUT2D eigenvalue weighted by atomic mass is 16.6. The van der Waals surface area contributed by atoms with E-state index < -0.39 is 5.97 Å². The molecule has 0 N–H and O–H groups in total. The van der Waals surface area contributed by atoms with Crippen LogP contribution in [0.5, 0.6) is 0 Å². The van der Waals surface area contributed by atoms with E-state index in [2.05, 4.69) is 17.1 Å². The van der Waals surface area contributed by atoms with Crippen LogP contribution in [0.25, 0.3) is 11.4 Å². The monoisotopic (exact) mass is 339 g/mol. The molecule has 0 fully saturated rings. The molecule has 7 heteroatoms. The van der Waals surface area contributed by atoms with Crippen molar-refractivity contribution in [3.8, 4) is 11.4 Å². The molecule has 2 heterocycles. The minimum absolute atomic E-state index is 0.138. The van der Waals surface area contributed by atoms with Crippen molar-refractivity contribution < 1.29 is 14.1 Å². The molecular weight excluding hydrogens is 322 g/mol. The number of aryl methyl sites for hydroxylation is 1. The first-order chi connectivity index (χ1) is 12.2. The van der Waals surface area contributed by atoms with E-state index in [0.29, 0.717) is 5.82 Å². The minimum atomic E-state index is -0.555. The summed E-state index contributed by atoms with van der Waals surface area (Å²) < 4.78 is 11.4. The number of nitrogens with zero attached hydrogens (tertiary/aromatic N) is 3. The lowest BCUT2D eigenvalue weighted by molar-refractivity contribution is -0.146. The van der Waals surface area contributed by atoms with Crippen LogP contribution in [0, 0.1) is 0 Å². The Balaban J connectivity index is 1.58. The van der Waals surface area contributed by atoms with Crippen LogP contribution in [0.1, 0.15) is 18.4 Å². The van der Waals surface area contributed by atoms with Gasteiger partial charge >= 0.3 is 5.97 Å². The number of pyridine rings is 1. The largest absolute Gasteiger partial charge is 0.454 e. The van der Waals surface area contributed by atoms with Crippen LogP contribution in [-0.2, 0) is 29.1 Å². The van der Waals surface area contributed by atoms with Gasteiger partial charge in [0.25, 0.3) is 11.4 Å². The van der Waals surface area contributed by atoms with E-state index in [1.54, 1.807) is 12.1 Å². The van der Waals surface area contributed by atoms with E-state index in [9.17, 15) is 9.59 Å². The fourth-order valence-electron chi connectivity index (χ4n) is 2.24. The molecule has 1 aromatic carbocycles. The Kier molecular flexibility index (Phi) is 5.03. The average Bonchev–Trinajstić information content (AvgIpc) is 3.11. The van der Waals surface area contributed by atoms with Crippen molar-refractivity contribution in [1.82, 2.24) is 14.7 Å². The summed E-state index contributed by atoms with van der Waals surface area (Å²) in [5.74, 6) is 0.0802. The first-order valence-electron chi connectivity index (χ1n) is 7.88. The summed E-state index contributed by atoms with van der Waals surface area (Å²) in [7, 11) is 0. The van der Waals surface area contributed by atoms with Crippen molar-refractivity contribution in [3.63, 3.8) is 0 Å². The SMILES string of the molecule is CCc1ccc(-c2noc(COC(=O)Cn3ccccc3=O)n2)cc1. The summed E-state index contributed by atoms with van der Waals surface area (Å²) in [6.45, 7) is 1.78. The Morgan fingerprint density at radius 2 is 2.00 bits per heavy atom. The number of aromatic nitrogens is 3.